The van der Waals surface area contributed by atoms with Crippen LogP contribution in [0.2, 0.25) is 0 Å². The zero-order valence-corrected chi connectivity index (χ0v) is 15.8. The Morgan fingerprint density at radius 1 is 0.704 bits per heavy atom. The number of benzene rings is 3. The van der Waals surface area contributed by atoms with Gasteiger partial charge in [0.05, 0.1) is 4.90 Å². The van der Waals surface area contributed by atoms with Gasteiger partial charge in [0.25, 0.3) is 0 Å². The molecule has 0 unspecified atom stereocenters. The Bertz CT molecular complexity index is 1150. The molecule has 3 rings (SSSR count). The first-order valence-corrected chi connectivity index (χ1v) is 10.1. The van der Waals surface area contributed by atoms with E-state index in [1.54, 1.807) is 30.3 Å². The Morgan fingerprint density at radius 3 is 2.00 bits per heavy atom. The summed E-state index contributed by atoms with van der Waals surface area (Å²) in [6.07, 6.45) is 0. The third-order valence-electron chi connectivity index (χ3n) is 3.85. The van der Waals surface area contributed by atoms with E-state index in [-0.39, 0.29) is 5.75 Å². The summed E-state index contributed by atoms with van der Waals surface area (Å²) in [6.45, 7) is 2.04. The normalized spacial score (nSPS) is 10.3. The van der Waals surface area contributed by atoms with Crippen molar-refractivity contribution in [1.82, 2.24) is 0 Å². The lowest BCUT2D eigenvalue weighted by Crippen LogP contribution is -2.04. The number of rotatable bonds is 2. The maximum absolute atomic E-state index is 12.2. The molecule has 0 spiro atoms. The van der Waals surface area contributed by atoms with Crippen molar-refractivity contribution in [3.05, 3.63) is 101 Å². The fourth-order valence-corrected chi connectivity index (χ4v) is 3.45. The number of hydrogen-bond donors (Lipinski definition) is 0. The standard InChI is InChI=1S/C24H18O2S/c1-20-7-5-8-23(19-20)17-16-22-14-12-21(13-15-22)9-6-18-27(25,26)24-10-3-2-4-11-24/h2-5,7-8,10-15,19H,18H2,1H3. The average Bonchev–Trinajstić information content (AvgIpc) is 2.68. The van der Waals surface area contributed by atoms with Gasteiger partial charge in [-0.25, -0.2) is 8.42 Å². The third kappa shape index (κ3) is 5.35. The lowest BCUT2D eigenvalue weighted by molar-refractivity contribution is 0.599. The summed E-state index contributed by atoms with van der Waals surface area (Å²) >= 11 is 0. The summed E-state index contributed by atoms with van der Waals surface area (Å²) in [4.78, 5) is 0.293. The summed E-state index contributed by atoms with van der Waals surface area (Å²) in [5.74, 6) is 11.7. The van der Waals surface area contributed by atoms with Gasteiger partial charge in [-0.2, -0.15) is 0 Å². The number of hydrogen-bond acceptors (Lipinski definition) is 2. The number of sulfone groups is 1. The van der Waals surface area contributed by atoms with Crippen molar-refractivity contribution in [2.75, 3.05) is 5.75 Å². The van der Waals surface area contributed by atoms with Crippen LogP contribution < -0.4 is 0 Å². The van der Waals surface area contributed by atoms with Gasteiger partial charge in [0.15, 0.2) is 9.84 Å². The molecule has 27 heavy (non-hydrogen) atoms. The molecular formula is C24H18O2S. The highest BCUT2D eigenvalue weighted by Crippen LogP contribution is 2.09. The Labute approximate surface area is 160 Å². The van der Waals surface area contributed by atoms with Crippen LogP contribution in [0.25, 0.3) is 0 Å². The molecule has 0 saturated carbocycles. The largest absolute Gasteiger partial charge is 0.223 e. The van der Waals surface area contributed by atoms with E-state index in [1.165, 1.54) is 5.56 Å². The van der Waals surface area contributed by atoms with E-state index in [0.717, 1.165) is 16.7 Å². The Balaban J connectivity index is 1.68. The summed E-state index contributed by atoms with van der Waals surface area (Å²) in [5, 5.41) is 0. The van der Waals surface area contributed by atoms with Gasteiger partial charge < -0.3 is 0 Å². The minimum atomic E-state index is -3.38. The maximum Gasteiger partial charge on any atom is 0.189 e. The SMILES string of the molecule is Cc1cccc(C#Cc2ccc(C#CCS(=O)(=O)c3ccccc3)cc2)c1. The van der Waals surface area contributed by atoms with Gasteiger partial charge >= 0.3 is 0 Å². The fourth-order valence-electron chi connectivity index (χ4n) is 2.45. The molecule has 0 amide bonds. The molecule has 0 aliphatic heterocycles. The average molecular weight is 370 g/mol. The van der Waals surface area contributed by atoms with Crippen LogP contribution in [0.4, 0.5) is 0 Å². The molecule has 0 heterocycles. The van der Waals surface area contributed by atoms with Crippen LogP contribution in [0.3, 0.4) is 0 Å². The van der Waals surface area contributed by atoms with Crippen molar-refractivity contribution in [1.29, 1.82) is 0 Å². The van der Waals surface area contributed by atoms with Crippen molar-refractivity contribution in [2.45, 2.75) is 11.8 Å². The van der Waals surface area contributed by atoms with Crippen LogP contribution in [-0.2, 0) is 9.84 Å². The Kier molecular flexibility index (Phi) is 5.77. The summed E-state index contributed by atoms with van der Waals surface area (Å²) in [6, 6.07) is 23.9. The lowest BCUT2D eigenvalue weighted by atomic mass is 10.1. The quantitative estimate of drug-likeness (QED) is 0.633. The van der Waals surface area contributed by atoms with Gasteiger partial charge in [-0.05, 0) is 61.0 Å². The van der Waals surface area contributed by atoms with E-state index in [2.05, 4.69) is 23.7 Å². The monoisotopic (exact) mass is 370 g/mol. The van der Waals surface area contributed by atoms with Gasteiger partial charge in [0.2, 0.25) is 0 Å². The van der Waals surface area contributed by atoms with Crippen molar-refractivity contribution in [3.8, 4) is 23.7 Å². The first kappa shape index (κ1) is 18.5. The molecule has 2 nitrogen and oxygen atoms in total. The van der Waals surface area contributed by atoms with Gasteiger partial charge in [-0.15, -0.1) is 0 Å². The molecule has 0 saturated heterocycles. The van der Waals surface area contributed by atoms with Crippen LogP contribution in [-0.4, -0.2) is 14.2 Å². The molecule has 0 fully saturated rings. The molecule has 0 atom stereocenters. The summed E-state index contributed by atoms with van der Waals surface area (Å²) < 4.78 is 24.4. The molecule has 132 valence electrons. The second-order valence-electron chi connectivity index (χ2n) is 6.07. The highest BCUT2D eigenvalue weighted by Gasteiger charge is 2.11. The molecule has 0 bridgehead atoms. The fraction of sp³-hybridized carbons (Fsp3) is 0.0833. The van der Waals surface area contributed by atoms with Gasteiger partial charge in [0, 0.05) is 16.7 Å². The minimum absolute atomic E-state index is 0.202. The van der Waals surface area contributed by atoms with Crippen LogP contribution in [0.1, 0.15) is 22.3 Å². The smallest absolute Gasteiger partial charge is 0.189 e. The zero-order valence-electron chi connectivity index (χ0n) is 14.9. The zero-order chi connectivity index (χ0) is 19.1. The maximum atomic E-state index is 12.2. The van der Waals surface area contributed by atoms with E-state index >= 15 is 0 Å². The van der Waals surface area contributed by atoms with Gasteiger partial charge in [0.1, 0.15) is 5.75 Å². The van der Waals surface area contributed by atoms with E-state index < -0.39 is 9.84 Å². The lowest BCUT2D eigenvalue weighted by Gasteiger charge is -1.98. The van der Waals surface area contributed by atoms with Gasteiger partial charge in [-0.3, -0.25) is 0 Å². The van der Waals surface area contributed by atoms with Crippen LogP contribution >= 0.6 is 0 Å². The highest BCUT2D eigenvalue weighted by molar-refractivity contribution is 7.91. The molecule has 0 radical (unpaired) electrons. The molecule has 0 aliphatic carbocycles. The minimum Gasteiger partial charge on any atom is -0.223 e. The van der Waals surface area contributed by atoms with E-state index in [4.69, 9.17) is 0 Å². The van der Waals surface area contributed by atoms with E-state index in [0.29, 0.717) is 4.90 Å². The highest BCUT2D eigenvalue weighted by atomic mass is 32.2. The van der Waals surface area contributed by atoms with E-state index in [9.17, 15) is 8.42 Å². The predicted octanol–water partition coefficient (Wildman–Crippen LogP) is 4.22. The molecule has 3 heteroatoms. The van der Waals surface area contributed by atoms with Crippen LogP contribution in [0, 0.1) is 30.6 Å². The molecule has 3 aromatic rings. The van der Waals surface area contributed by atoms with E-state index in [1.807, 2.05) is 55.5 Å². The Morgan fingerprint density at radius 2 is 1.33 bits per heavy atom. The van der Waals surface area contributed by atoms with Crippen LogP contribution in [0.5, 0.6) is 0 Å². The molecule has 3 aromatic carbocycles. The summed E-state index contributed by atoms with van der Waals surface area (Å²) in [7, 11) is -3.38. The summed E-state index contributed by atoms with van der Waals surface area (Å²) in [5.41, 5.74) is 3.81. The predicted molar refractivity (Wildman–Crippen MR) is 109 cm³/mol. The first-order valence-electron chi connectivity index (χ1n) is 8.48. The second kappa shape index (κ2) is 8.41. The second-order valence-corrected chi connectivity index (χ2v) is 8.06. The molecule has 0 aliphatic rings. The first-order chi connectivity index (χ1) is 13.0. The van der Waals surface area contributed by atoms with Crippen LogP contribution in [0.15, 0.2) is 83.8 Å². The number of aryl methyl sites for hydroxylation is 1. The van der Waals surface area contributed by atoms with Crippen molar-refractivity contribution in [3.63, 3.8) is 0 Å². The molecule has 0 aromatic heterocycles. The molecule has 0 N–H and O–H groups in total. The topological polar surface area (TPSA) is 34.1 Å². The molecular weight excluding hydrogens is 352 g/mol. The van der Waals surface area contributed by atoms with Crippen molar-refractivity contribution in [2.24, 2.45) is 0 Å². The van der Waals surface area contributed by atoms with Crippen molar-refractivity contribution < 1.29 is 8.42 Å². The van der Waals surface area contributed by atoms with Crippen molar-refractivity contribution >= 4 is 9.84 Å². The van der Waals surface area contributed by atoms with Gasteiger partial charge in [-0.1, -0.05) is 54.0 Å². The third-order valence-corrected chi connectivity index (χ3v) is 5.37. The Hall–Kier alpha value is -3.27.